The van der Waals surface area contributed by atoms with Crippen molar-refractivity contribution in [2.75, 3.05) is 0 Å². The predicted molar refractivity (Wildman–Crippen MR) is 87.2 cm³/mol. The first-order valence-corrected chi connectivity index (χ1v) is 8.06. The summed E-state index contributed by atoms with van der Waals surface area (Å²) in [4.78, 5) is 16.3. The number of benzene rings is 2. The average molecular weight is 294 g/mol. The van der Waals surface area contributed by atoms with Gasteiger partial charge in [-0.15, -0.1) is 0 Å². The van der Waals surface area contributed by atoms with E-state index in [0.717, 1.165) is 5.57 Å². The van der Waals surface area contributed by atoms with Gasteiger partial charge in [0.15, 0.2) is 0 Å². The van der Waals surface area contributed by atoms with E-state index in [1.54, 1.807) is 23.9 Å². The molecule has 0 spiro atoms. The molecule has 0 bridgehead atoms. The second-order valence-electron chi connectivity index (χ2n) is 4.62. The van der Waals surface area contributed by atoms with Crippen molar-refractivity contribution in [3.63, 3.8) is 0 Å². The molecule has 104 valence electrons. The van der Waals surface area contributed by atoms with E-state index in [2.05, 4.69) is 29.2 Å². The van der Waals surface area contributed by atoms with E-state index in [-0.39, 0.29) is 5.91 Å². The van der Waals surface area contributed by atoms with Crippen LogP contribution in [0.2, 0.25) is 0 Å². The van der Waals surface area contributed by atoms with Gasteiger partial charge >= 0.3 is 0 Å². The second kappa shape index (κ2) is 6.02. The fourth-order valence-electron chi connectivity index (χ4n) is 2.24. The molecule has 0 aliphatic heterocycles. The maximum Gasteiger partial charge on any atom is 0.229 e. The average Bonchev–Trinajstić information content (AvgIpc) is 2.99. The van der Waals surface area contributed by atoms with Crippen LogP contribution in [0.3, 0.4) is 0 Å². The number of hydrogen-bond donors (Lipinski definition) is 0. The lowest BCUT2D eigenvalue weighted by Gasteiger charge is -2.18. The number of rotatable bonds is 3. The van der Waals surface area contributed by atoms with Crippen molar-refractivity contribution < 1.29 is 4.79 Å². The predicted octanol–water partition coefficient (Wildman–Crippen LogP) is 2.30. The van der Waals surface area contributed by atoms with Gasteiger partial charge in [-0.1, -0.05) is 60.7 Å². The SMILES string of the molecule is CC(=O)n1ccnc1P(c1ccccc1)c1ccccc1. The summed E-state index contributed by atoms with van der Waals surface area (Å²) < 4.78 is 1.64. The van der Waals surface area contributed by atoms with E-state index in [9.17, 15) is 4.79 Å². The molecule has 1 aromatic heterocycles. The number of carbonyl (C=O) groups excluding carboxylic acids is 1. The summed E-state index contributed by atoms with van der Waals surface area (Å²) in [6, 6.07) is 20.5. The number of nitrogens with zero attached hydrogens (tertiary/aromatic N) is 2. The minimum absolute atomic E-state index is 0.0122. The van der Waals surface area contributed by atoms with Crippen LogP contribution in [-0.4, -0.2) is 15.5 Å². The summed E-state index contributed by atoms with van der Waals surface area (Å²) in [6.45, 7) is 1.56. The Hall–Kier alpha value is -2.25. The highest BCUT2D eigenvalue weighted by Gasteiger charge is 2.22. The highest BCUT2D eigenvalue weighted by atomic mass is 31.1. The molecule has 0 N–H and O–H groups in total. The Labute approximate surface area is 125 Å². The minimum atomic E-state index is -0.831. The molecule has 3 rings (SSSR count). The van der Waals surface area contributed by atoms with Crippen LogP contribution in [-0.2, 0) is 0 Å². The molecule has 0 atom stereocenters. The van der Waals surface area contributed by atoms with Gasteiger partial charge in [-0.05, 0) is 10.6 Å². The first-order chi connectivity index (χ1) is 10.3. The molecule has 0 aliphatic rings. The summed E-state index contributed by atoms with van der Waals surface area (Å²) in [5, 5.41) is 2.37. The Balaban J connectivity index is 2.18. The molecule has 0 radical (unpaired) electrons. The number of hydrogen-bond acceptors (Lipinski definition) is 2. The Bertz CT molecular complexity index is 698. The number of aromatic nitrogens is 2. The van der Waals surface area contributed by atoms with Gasteiger partial charge in [-0.2, -0.15) is 0 Å². The van der Waals surface area contributed by atoms with Gasteiger partial charge in [-0.25, -0.2) is 4.98 Å². The number of imidazole rings is 1. The molecule has 0 fully saturated rings. The molecule has 0 saturated heterocycles. The molecule has 0 unspecified atom stereocenters. The topological polar surface area (TPSA) is 34.9 Å². The van der Waals surface area contributed by atoms with Crippen LogP contribution >= 0.6 is 7.92 Å². The molecular weight excluding hydrogens is 279 g/mol. The zero-order valence-electron chi connectivity index (χ0n) is 11.7. The van der Waals surface area contributed by atoms with E-state index >= 15 is 0 Å². The molecule has 0 aliphatic carbocycles. The summed E-state index contributed by atoms with van der Waals surface area (Å²) in [6.07, 6.45) is 3.43. The molecule has 0 amide bonds. The first-order valence-electron chi connectivity index (χ1n) is 6.72. The van der Waals surface area contributed by atoms with Crippen molar-refractivity contribution in [3.8, 4) is 0 Å². The lowest BCUT2D eigenvalue weighted by molar-refractivity contribution is 0.0940. The Morgan fingerprint density at radius 1 is 0.952 bits per heavy atom. The van der Waals surface area contributed by atoms with Crippen molar-refractivity contribution in [2.45, 2.75) is 6.92 Å². The largest absolute Gasteiger partial charge is 0.274 e. The third-order valence-corrected chi connectivity index (χ3v) is 5.55. The van der Waals surface area contributed by atoms with Crippen molar-refractivity contribution in [2.24, 2.45) is 0 Å². The van der Waals surface area contributed by atoms with E-state index < -0.39 is 7.92 Å². The smallest absolute Gasteiger partial charge is 0.229 e. The van der Waals surface area contributed by atoms with E-state index in [1.165, 1.54) is 10.6 Å². The Kier molecular flexibility index (Phi) is 3.94. The summed E-state index contributed by atoms with van der Waals surface area (Å²) >= 11 is 0. The molecule has 0 saturated carbocycles. The molecule has 3 aromatic rings. The van der Waals surface area contributed by atoms with Gasteiger partial charge in [0, 0.05) is 27.2 Å². The van der Waals surface area contributed by atoms with Crippen molar-refractivity contribution in [3.05, 3.63) is 73.1 Å². The lowest BCUT2D eigenvalue weighted by Crippen LogP contribution is -2.29. The fourth-order valence-corrected chi connectivity index (χ4v) is 4.55. The molecule has 4 heteroatoms. The van der Waals surface area contributed by atoms with E-state index in [4.69, 9.17) is 0 Å². The van der Waals surface area contributed by atoms with Crippen LogP contribution in [0, 0.1) is 0 Å². The summed E-state index contributed by atoms with van der Waals surface area (Å²) in [7, 11) is -0.831. The first kappa shape index (κ1) is 13.7. The molecular formula is C17H15N2OP. The molecule has 3 nitrogen and oxygen atoms in total. The van der Waals surface area contributed by atoms with Crippen LogP contribution in [0.15, 0.2) is 73.1 Å². The quantitative estimate of drug-likeness (QED) is 0.695. The third-order valence-electron chi connectivity index (χ3n) is 3.19. The Morgan fingerprint density at radius 2 is 1.48 bits per heavy atom. The normalized spacial score (nSPS) is 10.8. The van der Waals surface area contributed by atoms with Gasteiger partial charge in [-0.3, -0.25) is 9.36 Å². The molecule has 21 heavy (non-hydrogen) atoms. The van der Waals surface area contributed by atoms with Crippen LogP contribution < -0.4 is 16.2 Å². The highest BCUT2D eigenvalue weighted by molar-refractivity contribution is 7.79. The van der Waals surface area contributed by atoms with Gasteiger partial charge < -0.3 is 0 Å². The van der Waals surface area contributed by atoms with Crippen molar-refractivity contribution >= 4 is 30.0 Å². The highest BCUT2D eigenvalue weighted by Crippen LogP contribution is 2.31. The molecule has 1 heterocycles. The Morgan fingerprint density at radius 3 is 1.95 bits per heavy atom. The second-order valence-corrected chi connectivity index (χ2v) is 6.73. The maximum absolute atomic E-state index is 11.8. The minimum Gasteiger partial charge on any atom is -0.274 e. The fraction of sp³-hybridized carbons (Fsp3) is 0.0588. The zero-order valence-corrected chi connectivity index (χ0v) is 12.6. The van der Waals surface area contributed by atoms with Gasteiger partial charge in [0.05, 0.1) is 0 Å². The standard InChI is InChI=1S/C17H15N2OP/c1-14(20)19-13-12-18-17(19)21(15-8-4-2-5-9-15)16-10-6-3-7-11-16/h2-13H,1H3. The van der Waals surface area contributed by atoms with Crippen LogP contribution in [0.25, 0.3) is 0 Å². The summed E-state index contributed by atoms with van der Waals surface area (Å²) in [5.74, 6) is -0.0122. The van der Waals surface area contributed by atoms with Crippen molar-refractivity contribution in [1.29, 1.82) is 0 Å². The van der Waals surface area contributed by atoms with Crippen LogP contribution in [0.1, 0.15) is 11.7 Å². The van der Waals surface area contributed by atoms with E-state index in [1.807, 2.05) is 36.4 Å². The lowest BCUT2D eigenvalue weighted by atomic mass is 10.4. The van der Waals surface area contributed by atoms with Crippen LogP contribution in [0.5, 0.6) is 0 Å². The van der Waals surface area contributed by atoms with Crippen molar-refractivity contribution in [1.82, 2.24) is 9.55 Å². The third kappa shape index (κ3) is 2.79. The monoisotopic (exact) mass is 294 g/mol. The van der Waals surface area contributed by atoms with Gasteiger partial charge in [0.1, 0.15) is 5.57 Å². The summed E-state index contributed by atoms with van der Waals surface area (Å²) in [5.41, 5.74) is 0.815. The number of carbonyl (C=O) groups is 1. The zero-order chi connectivity index (χ0) is 14.7. The van der Waals surface area contributed by atoms with Gasteiger partial charge in [0.2, 0.25) is 5.91 Å². The maximum atomic E-state index is 11.8. The van der Waals surface area contributed by atoms with Gasteiger partial charge in [0.25, 0.3) is 0 Å². The molecule has 2 aromatic carbocycles. The van der Waals surface area contributed by atoms with Crippen LogP contribution in [0.4, 0.5) is 0 Å². The van der Waals surface area contributed by atoms with E-state index in [0.29, 0.717) is 0 Å².